The zero-order chi connectivity index (χ0) is 11.5. The second-order valence-corrected chi connectivity index (χ2v) is 4.52. The van der Waals surface area contributed by atoms with Gasteiger partial charge in [-0.3, -0.25) is 0 Å². The molecule has 0 aromatic carbocycles. The van der Waals surface area contributed by atoms with E-state index < -0.39 is 11.6 Å². The van der Waals surface area contributed by atoms with Crippen molar-refractivity contribution < 1.29 is 8.78 Å². The van der Waals surface area contributed by atoms with Gasteiger partial charge in [-0.2, -0.15) is 4.39 Å². The first kappa shape index (κ1) is 12.3. The number of anilines is 1. The highest BCUT2D eigenvalue weighted by atomic mass is 79.9. The maximum absolute atomic E-state index is 13.1. The monoisotopic (exact) mass is 279 g/mol. The molecule has 0 fully saturated rings. The topological polar surface area (TPSA) is 37.8 Å². The molecule has 1 rings (SSSR count). The minimum atomic E-state index is -1.24. The Morgan fingerprint density at radius 3 is 2.73 bits per heavy atom. The van der Waals surface area contributed by atoms with Crippen LogP contribution in [-0.2, 0) is 0 Å². The number of aromatic nitrogens is 2. The van der Waals surface area contributed by atoms with Crippen molar-refractivity contribution in [2.45, 2.75) is 25.9 Å². The van der Waals surface area contributed by atoms with Gasteiger partial charge in [0.1, 0.15) is 22.3 Å². The van der Waals surface area contributed by atoms with Crippen LogP contribution in [0.2, 0.25) is 0 Å². The van der Waals surface area contributed by atoms with E-state index in [1.165, 1.54) is 13.8 Å². The molecule has 1 heterocycles. The van der Waals surface area contributed by atoms with Crippen molar-refractivity contribution in [3.63, 3.8) is 0 Å². The van der Waals surface area contributed by atoms with Crippen LogP contribution < -0.4 is 5.32 Å². The second kappa shape index (κ2) is 4.83. The van der Waals surface area contributed by atoms with Crippen molar-refractivity contribution in [2.24, 2.45) is 0 Å². The van der Waals surface area contributed by atoms with Crippen molar-refractivity contribution in [1.82, 2.24) is 9.97 Å². The highest BCUT2D eigenvalue weighted by Gasteiger charge is 2.15. The zero-order valence-corrected chi connectivity index (χ0v) is 10.1. The lowest BCUT2D eigenvalue weighted by molar-refractivity contribution is 0.207. The predicted molar refractivity (Wildman–Crippen MR) is 58.0 cm³/mol. The van der Waals surface area contributed by atoms with Crippen LogP contribution in [0.3, 0.4) is 0 Å². The molecule has 1 aromatic rings. The number of halogens is 3. The van der Waals surface area contributed by atoms with Crippen LogP contribution >= 0.6 is 15.9 Å². The van der Waals surface area contributed by atoms with E-state index >= 15 is 0 Å². The molecular formula is C9H12BrF2N3. The SMILES string of the molecule is CC(C)(F)CCNc1ncnc(F)c1Br. The number of hydrogen-bond acceptors (Lipinski definition) is 3. The fraction of sp³-hybridized carbons (Fsp3) is 0.556. The third-order valence-corrected chi connectivity index (χ3v) is 2.46. The van der Waals surface area contributed by atoms with Crippen LogP contribution in [0.15, 0.2) is 10.8 Å². The highest BCUT2D eigenvalue weighted by Crippen LogP contribution is 2.21. The highest BCUT2D eigenvalue weighted by molar-refractivity contribution is 9.10. The van der Waals surface area contributed by atoms with Gasteiger partial charge in [0.25, 0.3) is 0 Å². The Labute approximate surface area is 95.4 Å². The van der Waals surface area contributed by atoms with Crippen molar-refractivity contribution in [2.75, 3.05) is 11.9 Å². The molecule has 0 saturated carbocycles. The Morgan fingerprint density at radius 1 is 1.47 bits per heavy atom. The molecule has 0 aliphatic rings. The van der Waals surface area contributed by atoms with Gasteiger partial charge < -0.3 is 5.32 Å². The molecule has 0 aliphatic carbocycles. The summed E-state index contributed by atoms with van der Waals surface area (Å²) >= 11 is 3.00. The molecule has 6 heteroatoms. The van der Waals surface area contributed by atoms with E-state index in [0.717, 1.165) is 6.33 Å². The summed E-state index contributed by atoms with van der Waals surface area (Å²) < 4.78 is 26.2. The lowest BCUT2D eigenvalue weighted by Crippen LogP contribution is -2.18. The molecule has 1 aromatic heterocycles. The Kier molecular flexibility index (Phi) is 3.96. The third-order valence-electron chi connectivity index (χ3n) is 1.76. The van der Waals surface area contributed by atoms with Crippen LogP contribution in [0.5, 0.6) is 0 Å². The van der Waals surface area contributed by atoms with E-state index in [0.29, 0.717) is 18.8 Å². The van der Waals surface area contributed by atoms with Crippen LogP contribution in [0.1, 0.15) is 20.3 Å². The second-order valence-electron chi connectivity index (χ2n) is 3.72. The fourth-order valence-corrected chi connectivity index (χ4v) is 1.29. The summed E-state index contributed by atoms with van der Waals surface area (Å²) in [6.07, 6.45) is 1.44. The van der Waals surface area contributed by atoms with Crippen LogP contribution in [-0.4, -0.2) is 22.2 Å². The molecule has 0 aliphatic heterocycles. The molecule has 84 valence electrons. The van der Waals surface area contributed by atoms with Gasteiger partial charge in [0, 0.05) is 6.54 Å². The van der Waals surface area contributed by atoms with Crippen LogP contribution in [0, 0.1) is 5.95 Å². The summed E-state index contributed by atoms with van der Waals surface area (Å²) in [5, 5.41) is 2.83. The first-order valence-corrected chi connectivity index (χ1v) is 5.28. The quantitative estimate of drug-likeness (QED) is 0.862. The summed E-state index contributed by atoms with van der Waals surface area (Å²) in [6.45, 7) is 3.37. The van der Waals surface area contributed by atoms with Gasteiger partial charge in [-0.1, -0.05) is 0 Å². The summed E-state index contributed by atoms with van der Waals surface area (Å²) in [5.74, 6) is -0.293. The number of hydrogen-bond donors (Lipinski definition) is 1. The van der Waals surface area contributed by atoms with E-state index in [2.05, 4.69) is 31.2 Å². The van der Waals surface area contributed by atoms with E-state index in [4.69, 9.17) is 0 Å². The van der Waals surface area contributed by atoms with E-state index in [1.54, 1.807) is 0 Å². The van der Waals surface area contributed by atoms with Crippen molar-refractivity contribution in [3.8, 4) is 0 Å². The number of nitrogens with one attached hydrogen (secondary N) is 1. The molecule has 0 unspecified atom stereocenters. The normalized spacial score (nSPS) is 11.5. The van der Waals surface area contributed by atoms with E-state index in [1.807, 2.05) is 0 Å². The summed E-state index contributed by atoms with van der Waals surface area (Å²) in [7, 11) is 0. The first-order chi connectivity index (χ1) is 6.90. The molecule has 0 saturated heterocycles. The first-order valence-electron chi connectivity index (χ1n) is 4.49. The maximum atomic E-state index is 13.1. The Bertz CT molecular complexity index is 339. The Hall–Kier alpha value is -0.780. The summed E-state index contributed by atoms with van der Waals surface area (Å²) in [6, 6.07) is 0. The standard InChI is InChI=1S/C9H12BrF2N3/c1-9(2,12)3-4-13-8-6(10)7(11)14-5-15-8/h5H,3-4H2,1-2H3,(H,13,14,15). The molecule has 15 heavy (non-hydrogen) atoms. The lowest BCUT2D eigenvalue weighted by atomic mass is 10.1. The lowest BCUT2D eigenvalue weighted by Gasteiger charge is -2.14. The van der Waals surface area contributed by atoms with Crippen molar-refractivity contribution >= 4 is 21.7 Å². The number of rotatable bonds is 4. The average molecular weight is 280 g/mol. The molecule has 3 nitrogen and oxygen atoms in total. The number of nitrogens with zero attached hydrogens (tertiary/aromatic N) is 2. The van der Waals surface area contributed by atoms with Crippen LogP contribution in [0.4, 0.5) is 14.6 Å². The Morgan fingerprint density at radius 2 is 2.13 bits per heavy atom. The van der Waals surface area contributed by atoms with E-state index in [-0.39, 0.29) is 4.47 Å². The van der Waals surface area contributed by atoms with Gasteiger partial charge in [-0.15, -0.1) is 0 Å². The van der Waals surface area contributed by atoms with Crippen LogP contribution in [0.25, 0.3) is 0 Å². The molecule has 0 bridgehead atoms. The van der Waals surface area contributed by atoms with Gasteiger partial charge in [0.2, 0.25) is 5.95 Å². The molecule has 0 atom stereocenters. The minimum Gasteiger partial charge on any atom is -0.369 e. The van der Waals surface area contributed by atoms with Crippen molar-refractivity contribution in [3.05, 3.63) is 16.7 Å². The molecule has 1 N–H and O–H groups in total. The largest absolute Gasteiger partial charge is 0.369 e. The molecule has 0 spiro atoms. The maximum Gasteiger partial charge on any atom is 0.232 e. The minimum absolute atomic E-state index is 0.168. The smallest absolute Gasteiger partial charge is 0.232 e. The molecule has 0 amide bonds. The van der Waals surface area contributed by atoms with Gasteiger partial charge in [-0.05, 0) is 36.2 Å². The fourth-order valence-electron chi connectivity index (χ4n) is 0.950. The summed E-state index contributed by atoms with van der Waals surface area (Å²) in [4.78, 5) is 7.18. The van der Waals surface area contributed by atoms with Gasteiger partial charge in [0.15, 0.2) is 0 Å². The molecule has 0 radical (unpaired) electrons. The van der Waals surface area contributed by atoms with Gasteiger partial charge in [0.05, 0.1) is 0 Å². The molecular weight excluding hydrogens is 268 g/mol. The zero-order valence-electron chi connectivity index (χ0n) is 8.52. The number of alkyl halides is 1. The van der Waals surface area contributed by atoms with Crippen molar-refractivity contribution in [1.29, 1.82) is 0 Å². The summed E-state index contributed by atoms with van der Waals surface area (Å²) in [5.41, 5.74) is -1.24. The van der Waals surface area contributed by atoms with E-state index in [9.17, 15) is 8.78 Å². The third kappa shape index (κ3) is 4.07. The Balaban J connectivity index is 2.55. The van der Waals surface area contributed by atoms with Gasteiger partial charge in [-0.25, -0.2) is 14.4 Å². The predicted octanol–water partition coefficient (Wildman–Crippen LogP) is 2.93. The average Bonchev–Trinajstić information content (AvgIpc) is 2.10. The van der Waals surface area contributed by atoms with Gasteiger partial charge >= 0.3 is 0 Å².